The van der Waals surface area contributed by atoms with Crippen molar-refractivity contribution >= 4 is 22.7 Å². The molecule has 0 radical (unpaired) electrons. The molecule has 21 heavy (non-hydrogen) atoms. The molecule has 0 bridgehead atoms. The summed E-state index contributed by atoms with van der Waals surface area (Å²) < 4.78 is 43.8. The third-order valence-electron chi connectivity index (χ3n) is 4.67. The van der Waals surface area contributed by atoms with Gasteiger partial charge in [-0.05, 0) is 43.2 Å². The van der Waals surface area contributed by atoms with Crippen LogP contribution in [0.25, 0.3) is 0 Å². The number of hydrogen-bond acceptors (Lipinski definition) is 7. The molecule has 3 fully saturated rings. The molecule has 2 saturated carbocycles. The first-order valence-electron chi connectivity index (χ1n) is 7.51. The molecular formula is C12H21NO6S2. The summed E-state index contributed by atoms with van der Waals surface area (Å²) >= 11 is -3.93. The largest absolute Gasteiger partial charge is 0.324 e. The zero-order chi connectivity index (χ0) is 14.7. The van der Waals surface area contributed by atoms with Gasteiger partial charge in [-0.1, -0.05) is 25.7 Å². The van der Waals surface area contributed by atoms with Gasteiger partial charge in [-0.3, -0.25) is 8.37 Å². The second-order valence-corrected chi connectivity index (χ2v) is 7.36. The van der Waals surface area contributed by atoms with Crippen LogP contribution in [0.5, 0.6) is 0 Å². The van der Waals surface area contributed by atoms with E-state index in [2.05, 4.69) is 8.57 Å². The Balaban J connectivity index is 1.81. The van der Waals surface area contributed by atoms with Crippen molar-refractivity contribution in [3.8, 4) is 0 Å². The highest BCUT2D eigenvalue weighted by Gasteiger charge is 2.41. The van der Waals surface area contributed by atoms with Crippen LogP contribution in [0, 0.1) is 11.8 Å². The molecule has 2 aliphatic carbocycles. The van der Waals surface area contributed by atoms with E-state index in [1.165, 1.54) is 0 Å². The number of nitrogens with one attached hydrogen (secondary N) is 1. The van der Waals surface area contributed by atoms with Crippen molar-refractivity contribution in [2.75, 3.05) is 0 Å². The Morgan fingerprint density at radius 2 is 1.14 bits per heavy atom. The normalized spacial score (nSPS) is 45.9. The lowest BCUT2D eigenvalue weighted by molar-refractivity contribution is -0.0224. The number of rotatable bonds is 0. The monoisotopic (exact) mass is 339 g/mol. The molecule has 7 nitrogen and oxygen atoms in total. The van der Waals surface area contributed by atoms with E-state index in [9.17, 15) is 8.42 Å². The van der Waals surface area contributed by atoms with Crippen molar-refractivity contribution in [3.63, 3.8) is 0 Å². The maximum Gasteiger partial charge on any atom is 0.324 e. The van der Waals surface area contributed by atoms with Crippen molar-refractivity contribution in [2.45, 2.75) is 63.6 Å². The summed E-state index contributed by atoms with van der Waals surface area (Å²) in [7, 11) is 0. The second kappa shape index (κ2) is 7.58. The van der Waals surface area contributed by atoms with Gasteiger partial charge >= 0.3 is 22.7 Å². The maximum atomic E-state index is 11.7. The first kappa shape index (κ1) is 16.0. The molecule has 0 aromatic carbocycles. The van der Waals surface area contributed by atoms with Gasteiger partial charge < -0.3 is 0 Å². The molecule has 1 saturated heterocycles. The molecule has 1 N–H and O–H groups in total. The predicted molar refractivity (Wildman–Crippen MR) is 75.3 cm³/mol. The standard InChI is InChI=1S/C12H21NO6S2/c14-20-16-11-7-3-1-5-9(11)10-6-2-4-8-12(10)17-21(15)19-13-18-20/h9-13H,1-8H2. The van der Waals surface area contributed by atoms with E-state index in [0.29, 0.717) is 0 Å². The fourth-order valence-corrected chi connectivity index (χ4v) is 4.96. The summed E-state index contributed by atoms with van der Waals surface area (Å²) in [6, 6.07) is 0. The zero-order valence-corrected chi connectivity index (χ0v) is 13.4. The van der Waals surface area contributed by atoms with E-state index in [1.54, 1.807) is 0 Å². The van der Waals surface area contributed by atoms with Crippen molar-refractivity contribution in [2.24, 2.45) is 11.8 Å². The molecule has 0 aromatic heterocycles. The summed E-state index contributed by atoms with van der Waals surface area (Å²) in [6.07, 6.45) is 7.96. The summed E-state index contributed by atoms with van der Waals surface area (Å²) in [5.74, 6) is 0.540. The molecule has 9 heteroatoms. The Bertz CT molecular complexity index is 373. The van der Waals surface area contributed by atoms with E-state index >= 15 is 0 Å². The lowest BCUT2D eigenvalue weighted by atomic mass is 9.70. The third-order valence-corrected chi connectivity index (χ3v) is 5.88. The summed E-state index contributed by atoms with van der Waals surface area (Å²) in [4.78, 5) is 0. The molecule has 122 valence electrons. The molecule has 0 amide bonds. The van der Waals surface area contributed by atoms with Gasteiger partial charge in [-0.25, -0.2) is 0 Å². The molecule has 0 spiro atoms. The SMILES string of the molecule is O=S1ONOS(=O)OC2CCCCC2C2CCCCC2O1. The zero-order valence-electron chi connectivity index (χ0n) is 11.7. The van der Waals surface area contributed by atoms with E-state index in [-0.39, 0.29) is 24.0 Å². The minimum Gasteiger partial charge on any atom is -0.264 e. The van der Waals surface area contributed by atoms with Gasteiger partial charge in [0.2, 0.25) is 0 Å². The van der Waals surface area contributed by atoms with Crippen LogP contribution in [0.3, 0.4) is 0 Å². The predicted octanol–water partition coefficient (Wildman–Crippen LogP) is 1.76. The highest BCUT2D eigenvalue weighted by molar-refractivity contribution is 7.75. The first-order chi connectivity index (χ1) is 10.2. The Kier molecular flexibility index (Phi) is 5.77. The van der Waals surface area contributed by atoms with Gasteiger partial charge in [0, 0.05) is 0 Å². The Morgan fingerprint density at radius 1 is 0.714 bits per heavy atom. The van der Waals surface area contributed by atoms with Gasteiger partial charge in [-0.2, -0.15) is 17.0 Å². The van der Waals surface area contributed by atoms with Crippen LogP contribution < -0.4 is 5.64 Å². The van der Waals surface area contributed by atoms with Crippen LogP contribution >= 0.6 is 0 Å². The van der Waals surface area contributed by atoms with Gasteiger partial charge in [0.1, 0.15) is 0 Å². The fourth-order valence-electron chi connectivity index (χ4n) is 3.78. The minimum atomic E-state index is -1.97. The summed E-state index contributed by atoms with van der Waals surface area (Å²) in [5, 5.41) is 0. The molecule has 6 unspecified atom stereocenters. The smallest absolute Gasteiger partial charge is 0.264 e. The highest BCUT2D eigenvalue weighted by Crippen LogP contribution is 2.41. The average molecular weight is 339 g/mol. The highest BCUT2D eigenvalue weighted by atomic mass is 32.2. The Morgan fingerprint density at radius 3 is 1.62 bits per heavy atom. The Labute approximate surface area is 129 Å². The first-order valence-corrected chi connectivity index (χ1v) is 9.51. The molecular weight excluding hydrogens is 318 g/mol. The number of hydrogen-bond donors (Lipinski definition) is 1. The molecule has 1 heterocycles. The molecule has 0 aromatic rings. The number of fused-ring (bicyclic) bond motifs is 3. The molecule has 6 atom stereocenters. The lowest BCUT2D eigenvalue weighted by Crippen LogP contribution is -2.41. The van der Waals surface area contributed by atoms with Gasteiger partial charge in [0.25, 0.3) is 0 Å². The fraction of sp³-hybridized carbons (Fsp3) is 1.00. The van der Waals surface area contributed by atoms with Crippen molar-refractivity contribution in [3.05, 3.63) is 0 Å². The molecule has 1 aliphatic heterocycles. The molecule has 3 aliphatic rings. The van der Waals surface area contributed by atoms with E-state index in [4.69, 9.17) is 8.37 Å². The van der Waals surface area contributed by atoms with Crippen LogP contribution in [0.2, 0.25) is 0 Å². The van der Waals surface area contributed by atoms with E-state index in [0.717, 1.165) is 51.4 Å². The van der Waals surface area contributed by atoms with Gasteiger partial charge in [0.05, 0.1) is 12.2 Å². The lowest BCUT2D eigenvalue weighted by Gasteiger charge is -2.41. The third kappa shape index (κ3) is 4.10. The molecule has 3 rings (SSSR count). The average Bonchev–Trinajstić information content (AvgIpc) is 2.50. The van der Waals surface area contributed by atoms with Gasteiger partial charge in [-0.15, -0.1) is 0 Å². The van der Waals surface area contributed by atoms with Crippen molar-refractivity contribution < 1.29 is 25.4 Å². The van der Waals surface area contributed by atoms with Crippen LogP contribution in [0.15, 0.2) is 0 Å². The van der Waals surface area contributed by atoms with E-state index in [1.807, 2.05) is 5.64 Å². The van der Waals surface area contributed by atoms with E-state index < -0.39 is 22.7 Å². The van der Waals surface area contributed by atoms with Crippen LogP contribution in [0.4, 0.5) is 0 Å². The van der Waals surface area contributed by atoms with Gasteiger partial charge in [0.15, 0.2) is 0 Å². The minimum absolute atomic E-state index is 0.109. The second-order valence-electron chi connectivity index (χ2n) is 5.82. The van der Waals surface area contributed by atoms with Crippen molar-refractivity contribution in [1.29, 1.82) is 0 Å². The van der Waals surface area contributed by atoms with Crippen LogP contribution in [0.1, 0.15) is 51.4 Å². The maximum absolute atomic E-state index is 11.7. The van der Waals surface area contributed by atoms with Crippen LogP contribution in [-0.2, 0) is 39.7 Å². The van der Waals surface area contributed by atoms with Crippen molar-refractivity contribution in [1.82, 2.24) is 5.64 Å². The summed E-state index contributed by atoms with van der Waals surface area (Å²) in [6.45, 7) is 0. The van der Waals surface area contributed by atoms with Crippen LogP contribution in [-0.4, -0.2) is 20.6 Å². The quantitative estimate of drug-likeness (QED) is 0.720. The topological polar surface area (TPSA) is 83.1 Å². The Hall–Kier alpha value is 0.1000. The summed E-state index contributed by atoms with van der Waals surface area (Å²) in [5.41, 5.74) is 1.92.